The Hall–Kier alpha value is -5.40. The normalized spacial score (nSPS) is 17.4. The van der Waals surface area contributed by atoms with E-state index in [0.29, 0.717) is 24.4 Å². The minimum absolute atomic E-state index is 0.128. The average molecular weight is 729 g/mol. The zero-order valence-electron chi connectivity index (χ0n) is 31.8. The smallest absolute Gasteiger partial charge is 0.410 e. The maximum atomic E-state index is 12.7. The fourth-order valence-corrected chi connectivity index (χ4v) is 6.70. The topological polar surface area (TPSA) is 159 Å². The van der Waals surface area contributed by atoms with Crippen molar-refractivity contribution in [3.05, 3.63) is 104 Å². The molecule has 7 rings (SSSR count). The predicted octanol–water partition coefficient (Wildman–Crippen LogP) is 7.01. The summed E-state index contributed by atoms with van der Waals surface area (Å²) in [4.78, 5) is 57.7. The molecule has 2 fully saturated rings. The number of hydrogen-bond donors (Lipinski definition) is 2. The highest BCUT2D eigenvalue weighted by Gasteiger charge is 2.34. The second-order valence-electron chi connectivity index (χ2n) is 14.2. The van der Waals surface area contributed by atoms with Gasteiger partial charge in [-0.1, -0.05) is 44.2 Å². The van der Waals surface area contributed by atoms with Gasteiger partial charge in [0, 0.05) is 48.7 Å². The third-order valence-corrected chi connectivity index (χ3v) is 9.06. The van der Waals surface area contributed by atoms with Crippen LogP contribution < -0.4 is 11.1 Å². The maximum Gasteiger partial charge on any atom is 0.410 e. The van der Waals surface area contributed by atoms with Gasteiger partial charge >= 0.3 is 12.2 Å². The van der Waals surface area contributed by atoms with Crippen molar-refractivity contribution in [2.75, 3.05) is 13.1 Å². The van der Waals surface area contributed by atoms with Crippen molar-refractivity contribution >= 4 is 23.5 Å². The number of nitrogens with zero attached hydrogens (tertiary/aromatic N) is 6. The van der Waals surface area contributed by atoms with E-state index >= 15 is 0 Å². The highest BCUT2D eigenvalue weighted by atomic mass is 16.6. The largest absolute Gasteiger partial charge is 0.445 e. The van der Waals surface area contributed by atoms with Crippen molar-refractivity contribution < 1.29 is 19.1 Å². The molecule has 0 spiro atoms. The fraction of sp³-hybridized carbons (Fsp3) is 0.487. The Kier molecular flexibility index (Phi) is 12.4. The Morgan fingerprint density at radius 3 is 1.68 bits per heavy atom. The number of likely N-dealkylation sites (tertiary alicyclic amines) is 2. The highest BCUT2D eigenvalue weighted by Crippen LogP contribution is 2.33. The first kappa shape index (κ1) is 38.8. The van der Waals surface area contributed by atoms with Crippen LogP contribution in [0.5, 0.6) is 0 Å². The molecule has 2 aliphatic rings. The zero-order valence-corrected chi connectivity index (χ0v) is 31.8. The Bertz CT molecular complexity index is 2130. The van der Waals surface area contributed by atoms with Gasteiger partial charge in [0.15, 0.2) is 0 Å². The van der Waals surface area contributed by atoms with Gasteiger partial charge in [0.1, 0.15) is 23.5 Å². The first-order valence-corrected chi connectivity index (χ1v) is 18.5. The number of nitrogens with one attached hydrogen (secondary N) is 2. The summed E-state index contributed by atoms with van der Waals surface area (Å²) in [5.74, 6) is 0. The maximum absolute atomic E-state index is 12.7. The molecule has 0 unspecified atom stereocenters. The number of amides is 2. The van der Waals surface area contributed by atoms with E-state index in [9.17, 15) is 19.2 Å². The molecular formula is C39H52N8O6. The van der Waals surface area contributed by atoms with E-state index in [1.807, 2.05) is 90.9 Å². The lowest BCUT2D eigenvalue weighted by Gasteiger charge is -2.35. The van der Waals surface area contributed by atoms with Crippen LogP contribution in [0.1, 0.15) is 114 Å². The molecule has 2 atom stereocenters. The Morgan fingerprint density at radius 2 is 1.21 bits per heavy atom. The number of ether oxygens (including phenoxy) is 2. The molecule has 0 radical (unpaired) electrons. The van der Waals surface area contributed by atoms with Crippen molar-refractivity contribution in [3.63, 3.8) is 0 Å². The molecular weight excluding hydrogens is 676 g/mol. The third-order valence-electron chi connectivity index (χ3n) is 9.06. The number of hydrogen-bond acceptors (Lipinski definition) is 8. The molecule has 53 heavy (non-hydrogen) atoms. The van der Waals surface area contributed by atoms with Gasteiger partial charge in [0.05, 0.1) is 23.5 Å². The lowest BCUT2D eigenvalue weighted by Crippen LogP contribution is -2.42. The number of piperidine rings is 2. The number of aryl methyl sites for hydroxylation is 2. The molecule has 4 aromatic heterocycles. The van der Waals surface area contributed by atoms with Crippen molar-refractivity contribution in [2.45, 2.75) is 111 Å². The summed E-state index contributed by atoms with van der Waals surface area (Å²) in [6.07, 6.45) is 4.99. The minimum Gasteiger partial charge on any atom is -0.445 e. The standard InChI is InChI=1S/C20H22N4O3.C17H24N4O3.C2H6/c1-14-11-19(25)21-18-12-16(22-24(14)18)17-9-5-6-10-23(17)20(26)27-13-15-7-3-2-4-8-15;1-11-9-15(22)18-14-10-12(19-21(11)14)13-7-5-6-8-20(13)16(23)24-17(2,3)4;1-2/h2-4,7-8,11-12,17H,5-6,9-10,13H2,1H3,(H,21,25);9-10,13H,5-8H2,1-4H3,(H,18,22);1-2H3/t17-;13-;/m00./s1. The van der Waals surface area contributed by atoms with Crippen molar-refractivity contribution in [2.24, 2.45) is 0 Å². The zero-order chi connectivity index (χ0) is 38.3. The van der Waals surface area contributed by atoms with Gasteiger partial charge in [-0.2, -0.15) is 10.2 Å². The second-order valence-corrected chi connectivity index (χ2v) is 14.2. The molecule has 0 aliphatic carbocycles. The molecule has 2 N–H and O–H groups in total. The van der Waals surface area contributed by atoms with E-state index < -0.39 is 5.60 Å². The van der Waals surface area contributed by atoms with Crippen LogP contribution in [0.15, 0.2) is 64.2 Å². The van der Waals surface area contributed by atoms with Crippen molar-refractivity contribution in [1.82, 2.24) is 39.0 Å². The molecule has 2 amide bonds. The van der Waals surface area contributed by atoms with Crippen LogP contribution in [0.4, 0.5) is 9.59 Å². The number of fused-ring (bicyclic) bond motifs is 2. The molecule has 14 nitrogen and oxygen atoms in total. The van der Waals surface area contributed by atoms with E-state index in [2.05, 4.69) is 20.2 Å². The van der Waals surface area contributed by atoms with Gasteiger partial charge in [-0.3, -0.25) is 19.4 Å². The number of benzene rings is 1. The van der Waals surface area contributed by atoms with Crippen LogP contribution in [-0.2, 0) is 16.1 Å². The predicted molar refractivity (Wildman–Crippen MR) is 202 cm³/mol. The lowest BCUT2D eigenvalue weighted by atomic mass is 10.00. The summed E-state index contributed by atoms with van der Waals surface area (Å²) in [7, 11) is 0. The summed E-state index contributed by atoms with van der Waals surface area (Å²) in [5.41, 5.74) is 4.48. The van der Waals surface area contributed by atoms with Crippen LogP contribution in [0, 0.1) is 13.8 Å². The molecule has 6 heterocycles. The van der Waals surface area contributed by atoms with E-state index in [0.717, 1.165) is 66.9 Å². The number of aromatic nitrogens is 6. The van der Waals surface area contributed by atoms with Gasteiger partial charge in [-0.25, -0.2) is 18.6 Å². The monoisotopic (exact) mass is 728 g/mol. The van der Waals surface area contributed by atoms with E-state index in [4.69, 9.17) is 9.47 Å². The fourth-order valence-electron chi connectivity index (χ4n) is 6.70. The van der Waals surface area contributed by atoms with Crippen LogP contribution in [0.3, 0.4) is 0 Å². The number of carbonyl (C=O) groups is 2. The van der Waals surface area contributed by atoms with Gasteiger partial charge in [-0.15, -0.1) is 0 Å². The third kappa shape index (κ3) is 9.53. The van der Waals surface area contributed by atoms with Gasteiger partial charge in [-0.05, 0) is 78.7 Å². The molecule has 2 saturated heterocycles. The van der Waals surface area contributed by atoms with Crippen LogP contribution in [0.2, 0.25) is 0 Å². The van der Waals surface area contributed by atoms with Gasteiger partial charge in [0.2, 0.25) is 0 Å². The molecule has 0 saturated carbocycles. The first-order valence-electron chi connectivity index (χ1n) is 18.5. The number of rotatable bonds is 4. The average Bonchev–Trinajstić information content (AvgIpc) is 3.77. The minimum atomic E-state index is -0.528. The Balaban J connectivity index is 0.000000197. The molecule has 14 heteroatoms. The van der Waals surface area contributed by atoms with Crippen LogP contribution >= 0.6 is 0 Å². The molecule has 2 aliphatic heterocycles. The van der Waals surface area contributed by atoms with Gasteiger partial charge < -0.3 is 19.4 Å². The summed E-state index contributed by atoms with van der Waals surface area (Å²) in [6.45, 7) is 14.8. The summed E-state index contributed by atoms with van der Waals surface area (Å²) >= 11 is 0. The summed E-state index contributed by atoms with van der Waals surface area (Å²) < 4.78 is 14.5. The molecule has 284 valence electrons. The van der Waals surface area contributed by atoms with Gasteiger partial charge in [0.25, 0.3) is 11.1 Å². The van der Waals surface area contributed by atoms with Crippen LogP contribution in [0.25, 0.3) is 11.3 Å². The van der Waals surface area contributed by atoms with E-state index in [1.165, 1.54) is 12.1 Å². The van der Waals surface area contributed by atoms with Crippen LogP contribution in [-0.4, -0.2) is 69.9 Å². The van der Waals surface area contributed by atoms with E-state index in [-0.39, 0.29) is 42.0 Å². The Morgan fingerprint density at radius 1 is 0.736 bits per heavy atom. The number of carbonyl (C=O) groups excluding carboxylic acids is 2. The van der Waals surface area contributed by atoms with E-state index in [1.54, 1.807) is 18.8 Å². The number of H-pyrrole nitrogens is 2. The summed E-state index contributed by atoms with van der Waals surface area (Å²) in [6, 6.07) is 16.1. The Labute approximate surface area is 309 Å². The second kappa shape index (κ2) is 17.0. The van der Waals surface area contributed by atoms with Crippen molar-refractivity contribution in [3.8, 4) is 0 Å². The number of aromatic amines is 2. The van der Waals surface area contributed by atoms with Crippen molar-refractivity contribution in [1.29, 1.82) is 0 Å². The molecule has 1 aromatic carbocycles. The quantitative estimate of drug-likeness (QED) is 0.200. The SMILES string of the molecule is CC.Cc1cc(=O)[nH]c2cc([C@@H]3CCCCN3C(=O)OC(C)(C)C)nn12.Cc1cc(=O)[nH]c2cc([C@@H]3CCCCN3C(=O)OCc3ccccc3)nn12. The summed E-state index contributed by atoms with van der Waals surface area (Å²) in [5, 5.41) is 9.23. The molecule has 5 aromatic rings. The molecule has 0 bridgehead atoms. The highest BCUT2D eigenvalue weighted by molar-refractivity contribution is 5.69. The lowest BCUT2D eigenvalue weighted by molar-refractivity contribution is 0.00896. The first-order chi connectivity index (χ1) is 25.4.